The lowest BCUT2D eigenvalue weighted by Crippen LogP contribution is -2.20. The van der Waals surface area contributed by atoms with Gasteiger partial charge < -0.3 is 5.32 Å². The molecule has 0 aromatic heterocycles. The third kappa shape index (κ3) is 3.20. The first kappa shape index (κ1) is 15.9. The SMILES string of the molecule is CNC(c1cc(F)c(C)cc1F)c1cc(I)ccc1Br. The lowest BCUT2D eigenvalue weighted by atomic mass is 9.97. The van der Waals surface area contributed by atoms with E-state index in [1.165, 1.54) is 12.1 Å². The van der Waals surface area contributed by atoms with Gasteiger partial charge in [-0.15, -0.1) is 0 Å². The van der Waals surface area contributed by atoms with E-state index in [1.54, 1.807) is 14.0 Å². The Morgan fingerprint density at radius 3 is 2.45 bits per heavy atom. The fourth-order valence-corrected chi connectivity index (χ4v) is 3.09. The van der Waals surface area contributed by atoms with Crippen molar-refractivity contribution in [3.63, 3.8) is 0 Å². The normalized spacial score (nSPS) is 12.5. The van der Waals surface area contributed by atoms with Gasteiger partial charge in [0.1, 0.15) is 11.6 Å². The Morgan fingerprint density at radius 2 is 1.80 bits per heavy atom. The van der Waals surface area contributed by atoms with Crippen LogP contribution in [0.2, 0.25) is 0 Å². The molecule has 1 nitrogen and oxygen atoms in total. The highest BCUT2D eigenvalue weighted by Crippen LogP contribution is 2.32. The molecule has 0 bridgehead atoms. The number of rotatable bonds is 3. The van der Waals surface area contributed by atoms with Gasteiger partial charge in [0.15, 0.2) is 0 Å². The summed E-state index contributed by atoms with van der Waals surface area (Å²) >= 11 is 5.66. The molecular weight excluding hydrogens is 439 g/mol. The Kier molecular flexibility index (Phi) is 5.14. The van der Waals surface area contributed by atoms with Crippen molar-refractivity contribution in [3.05, 3.63) is 66.7 Å². The maximum atomic E-state index is 14.2. The lowest BCUT2D eigenvalue weighted by molar-refractivity contribution is 0.553. The zero-order valence-corrected chi connectivity index (χ0v) is 14.7. The van der Waals surface area contributed by atoms with E-state index in [4.69, 9.17) is 0 Å². The third-order valence-electron chi connectivity index (χ3n) is 3.15. The van der Waals surface area contributed by atoms with Crippen molar-refractivity contribution in [2.75, 3.05) is 7.05 Å². The van der Waals surface area contributed by atoms with Gasteiger partial charge in [0.2, 0.25) is 0 Å². The molecule has 0 saturated carbocycles. The molecule has 2 rings (SSSR count). The Bertz CT molecular complexity index is 646. The lowest BCUT2D eigenvalue weighted by Gasteiger charge is -2.20. The summed E-state index contributed by atoms with van der Waals surface area (Å²) in [4.78, 5) is 0. The van der Waals surface area contributed by atoms with Gasteiger partial charge >= 0.3 is 0 Å². The fraction of sp³-hybridized carbons (Fsp3) is 0.200. The number of hydrogen-bond acceptors (Lipinski definition) is 1. The molecule has 2 aromatic carbocycles. The molecule has 1 N–H and O–H groups in total. The number of nitrogens with one attached hydrogen (secondary N) is 1. The zero-order chi connectivity index (χ0) is 14.9. The molecule has 1 atom stereocenters. The predicted molar refractivity (Wildman–Crippen MR) is 88.9 cm³/mol. The number of halogens is 4. The Morgan fingerprint density at radius 1 is 1.10 bits per heavy atom. The molecule has 0 aliphatic rings. The van der Waals surface area contributed by atoms with Gasteiger partial charge in [0.05, 0.1) is 6.04 Å². The molecule has 106 valence electrons. The highest BCUT2D eigenvalue weighted by molar-refractivity contribution is 14.1. The molecule has 20 heavy (non-hydrogen) atoms. The summed E-state index contributed by atoms with van der Waals surface area (Å²) in [6.07, 6.45) is 0. The van der Waals surface area contributed by atoms with Crippen molar-refractivity contribution >= 4 is 38.5 Å². The van der Waals surface area contributed by atoms with Crippen molar-refractivity contribution in [1.82, 2.24) is 5.32 Å². The maximum Gasteiger partial charge on any atom is 0.128 e. The van der Waals surface area contributed by atoms with Gasteiger partial charge in [0, 0.05) is 13.6 Å². The van der Waals surface area contributed by atoms with Crippen LogP contribution >= 0.6 is 38.5 Å². The number of benzene rings is 2. The van der Waals surface area contributed by atoms with Gasteiger partial charge in [-0.2, -0.15) is 0 Å². The Balaban J connectivity index is 2.58. The van der Waals surface area contributed by atoms with E-state index < -0.39 is 17.7 Å². The average molecular weight is 452 g/mol. The second-order valence-electron chi connectivity index (χ2n) is 4.51. The zero-order valence-electron chi connectivity index (χ0n) is 11.0. The summed E-state index contributed by atoms with van der Waals surface area (Å²) in [7, 11) is 1.73. The first-order valence-electron chi connectivity index (χ1n) is 6.01. The van der Waals surface area contributed by atoms with Gasteiger partial charge in [-0.05, 0) is 78.0 Å². The van der Waals surface area contributed by atoms with Crippen LogP contribution in [0.25, 0.3) is 0 Å². The quantitative estimate of drug-likeness (QED) is 0.651. The molecule has 0 radical (unpaired) electrons. The van der Waals surface area contributed by atoms with Crippen LogP contribution in [0.4, 0.5) is 8.78 Å². The maximum absolute atomic E-state index is 14.2. The van der Waals surface area contributed by atoms with Crippen LogP contribution in [-0.2, 0) is 0 Å². The first-order valence-corrected chi connectivity index (χ1v) is 7.89. The predicted octanol–water partition coefficient (Wildman–Crippen LogP) is 4.95. The van der Waals surface area contributed by atoms with Crippen molar-refractivity contribution in [2.45, 2.75) is 13.0 Å². The van der Waals surface area contributed by atoms with E-state index in [9.17, 15) is 8.78 Å². The summed E-state index contributed by atoms with van der Waals surface area (Å²) in [6.45, 7) is 1.55. The Hall–Kier alpha value is -0.530. The van der Waals surface area contributed by atoms with Crippen LogP contribution in [0.15, 0.2) is 34.8 Å². The summed E-state index contributed by atoms with van der Waals surface area (Å²) in [6, 6.07) is 7.89. The minimum absolute atomic E-state index is 0.304. The van der Waals surface area contributed by atoms with Gasteiger partial charge in [-0.1, -0.05) is 15.9 Å². The molecule has 0 amide bonds. The molecule has 0 heterocycles. The average Bonchev–Trinajstić information content (AvgIpc) is 2.40. The molecule has 0 saturated heterocycles. The molecule has 0 fully saturated rings. The topological polar surface area (TPSA) is 12.0 Å². The largest absolute Gasteiger partial charge is 0.309 e. The van der Waals surface area contributed by atoms with Crippen LogP contribution in [-0.4, -0.2) is 7.05 Å². The van der Waals surface area contributed by atoms with E-state index in [-0.39, 0.29) is 0 Å². The van der Waals surface area contributed by atoms with Crippen molar-refractivity contribution in [3.8, 4) is 0 Å². The number of aryl methyl sites for hydroxylation is 1. The fourth-order valence-electron chi connectivity index (χ4n) is 2.10. The van der Waals surface area contributed by atoms with E-state index >= 15 is 0 Å². The summed E-state index contributed by atoms with van der Waals surface area (Å²) < 4.78 is 29.8. The molecule has 0 aliphatic heterocycles. The van der Waals surface area contributed by atoms with E-state index in [0.29, 0.717) is 11.1 Å². The monoisotopic (exact) mass is 451 g/mol. The molecular formula is C15H13BrF2IN. The Labute approximate surface area is 139 Å². The van der Waals surface area contributed by atoms with Crippen molar-refractivity contribution < 1.29 is 8.78 Å². The van der Waals surface area contributed by atoms with Crippen LogP contribution in [0.5, 0.6) is 0 Å². The van der Waals surface area contributed by atoms with Crippen molar-refractivity contribution in [1.29, 1.82) is 0 Å². The van der Waals surface area contributed by atoms with Crippen LogP contribution in [0.1, 0.15) is 22.7 Å². The van der Waals surface area contributed by atoms with Crippen LogP contribution in [0.3, 0.4) is 0 Å². The first-order chi connectivity index (χ1) is 9.43. The summed E-state index contributed by atoms with van der Waals surface area (Å²) in [5, 5.41) is 3.05. The minimum atomic E-state index is -0.408. The third-order valence-corrected chi connectivity index (χ3v) is 4.54. The van der Waals surface area contributed by atoms with Gasteiger partial charge in [-0.25, -0.2) is 8.78 Å². The van der Waals surface area contributed by atoms with E-state index in [2.05, 4.69) is 43.8 Å². The van der Waals surface area contributed by atoms with Crippen LogP contribution < -0.4 is 5.32 Å². The van der Waals surface area contributed by atoms with E-state index in [0.717, 1.165) is 13.6 Å². The smallest absolute Gasteiger partial charge is 0.128 e. The minimum Gasteiger partial charge on any atom is -0.309 e. The second kappa shape index (κ2) is 6.49. The molecule has 2 aromatic rings. The second-order valence-corrected chi connectivity index (χ2v) is 6.61. The number of hydrogen-bond donors (Lipinski definition) is 1. The summed E-state index contributed by atoms with van der Waals surface area (Å²) in [5.41, 5.74) is 1.49. The molecule has 0 aliphatic carbocycles. The van der Waals surface area contributed by atoms with Crippen molar-refractivity contribution in [2.24, 2.45) is 0 Å². The summed E-state index contributed by atoms with van der Waals surface area (Å²) in [5.74, 6) is -0.808. The van der Waals surface area contributed by atoms with Crippen LogP contribution in [0, 0.1) is 22.1 Å². The highest BCUT2D eigenvalue weighted by atomic mass is 127. The standard InChI is InChI=1S/C15H13BrF2IN/c1-8-5-14(18)11(7-13(8)17)15(20-2)10-6-9(19)3-4-12(10)16/h3-7,15,20H,1-2H3. The molecule has 1 unspecified atom stereocenters. The molecule has 5 heteroatoms. The van der Waals surface area contributed by atoms with E-state index in [1.807, 2.05) is 18.2 Å². The van der Waals surface area contributed by atoms with Gasteiger partial charge in [0.25, 0.3) is 0 Å². The van der Waals surface area contributed by atoms with Gasteiger partial charge in [-0.3, -0.25) is 0 Å². The molecule has 0 spiro atoms. The highest BCUT2D eigenvalue weighted by Gasteiger charge is 2.20.